The molecule has 0 aromatic heterocycles. The minimum atomic E-state index is -0.117. The van der Waals surface area contributed by atoms with Gasteiger partial charge in [-0.25, -0.2) is 0 Å². The first-order valence-corrected chi connectivity index (χ1v) is 7.82. The maximum Gasteiger partial charge on any atom is 0.227 e. The fraction of sp³-hybridized carbons (Fsp3) is 0.529. The Labute approximate surface area is 130 Å². The summed E-state index contributed by atoms with van der Waals surface area (Å²) >= 11 is 0. The first-order chi connectivity index (χ1) is 10.6. The van der Waals surface area contributed by atoms with Crippen molar-refractivity contribution in [3.8, 4) is 5.75 Å². The lowest BCUT2D eigenvalue weighted by Gasteiger charge is -2.34. The number of piperidine rings is 1. The van der Waals surface area contributed by atoms with Crippen molar-refractivity contribution in [1.29, 1.82) is 0 Å². The normalized spacial score (nSPS) is 21.6. The number of para-hydroxylation sites is 2. The van der Waals surface area contributed by atoms with Gasteiger partial charge in [-0.05, 0) is 31.4 Å². The van der Waals surface area contributed by atoms with Gasteiger partial charge in [0.25, 0.3) is 0 Å². The number of carbonyl (C=O) groups excluding carboxylic acids is 2. The Bertz CT molecular complexity index is 583. The van der Waals surface area contributed by atoms with Gasteiger partial charge in [0.2, 0.25) is 11.8 Å². The lowest BCUT2D eigenvalue weighted by atomic mass is 9.95. The Morgan fingerprint density at radius 2 is 2.00 bits per heavy atom. The summed E-state index contributed by atoms with van der Waals surface area (Å²) in [5.74, 6) is 0.769. The topological polar surface area (TPSA) is 49.9 Å². The molecule has 1 aliphatic carbocycles. The average Bonchev–Trinajstić information content (AvgIpc) is 3.39. The van der Waals surface area contributed by atoms with Crippen molar-refractivity contribution in [3.05, 3.63) is 24.3 Å². The van der Waals surface area contributed by atoms with Crippen LogP contribution < -0.4 is 9.64 Å². The summed E-state index contributed by atoms with van der Waals surface area (Å²) in [6, 6.07) is 7.87. The van der Waals surface area contributed by atoms with Crippen molar-refractivity contribution >= 4 is 17.5 Å². The number of benzene rings is 1. The van der Waals surface area contributed by atoms with Gasteiger partial charge in [-0.1, -0.05) is 12.1 Å². The third-order valence-corrected chi connectivity index (χ3v) is 4.58. The molecule has 1 heterocycles. The predicted molar refractivity (Wildman–Crippen MR) is 83.9 cm³/mol. The predicted octanol–water partition coefficient (Wildman–Crippen LogP) is 2.06. The molecule has 1 atom stereocenters. The number of rotatable bonds is 4. The van der Waals surface area contributed by atoms with Crippen molar-refractivity contribution in [2.24, 2.45) is 5.92 Å². The van der Waals surface area contributed by atoms with E-state index in [1.165, 1.54) is 0 Å². The highest BCUT2D eigenvalue weighted by atomic mass is 16.5. The van der Waals surface area contributed by atoms with Gasteiger partial charge in [-0.3, -0.25) is 9.59 Å². The zero-order valence-electron chi connectivity index (χ0n) is 13.1. The van der Waals surface area contributed by atoms with Gasteiger partial charge in [0.05, 0.1) is 18.7 Å². The third-order valence-electron chi connectivity index (χ3n) is 4.58. The van der Waals surface area contributed by atoms with E-state index in [-0.39, 0.29) is 17.7 Å². The number of amides is 2. The molecule has 1 saturated heterocycles. The van der Waals surface area contributed by atoms with Crippen LogP contribution in [0.2, 0.25) is 0 Å². The molecule has 1 aliphatic heterocycles. The van der Waals surface area contributed by atoms with Crippen LogP contribution in [-0.4, -0.2) is 43.5 Å². The van der Waals surface area contributed by atoms with Crippen LogP contribution in [0.25, 0.3) is 0 Å². The molecule has 3 rings (SSSR count). The summed E-state index contributed by atoms with van der Waals surface area (Å²) in [6.45, 7) is 0.440. The van der Waals surface area contributed by atoms with Crippen LogP contribution in [0.15, 0.2) is 24.3 Å². The summed E-state index contributed by atoms with van der Waals surface area (Å²) < 4.78 is 5.35. The number of anilines is 1. The van der Waals surface area contributed by atoms with Crippen molar-refractivity contribution in [2.75, 3.05) is 25.6 Å². The fourth-order valence-electron chi connectivity index (χ4n) is 3.06. The highest BCUT2D eigenvalue weighted by Gasteiger charge is 2.37. The van der Waals surface area contributed by atoms with E-state index in [4.69, 9.17) is 4.74 Å². The number of ether oxygens (including phenoxy) is 1. The summed E-state index contributed by atoms with van der Waals surface area (Å²) in [7, 11) is 3.47. The van der Waals surface area contributed by atoms with E-state index in [1.54, 1.807) is 12.0 Å². The van der Waals surface area contributed by atoms with E-state index in [1.807, 2.05) is 36.2 Å². The number of hydrogen-bond acceptors (Lipinski definition) is 3. The van der Waals surface area contributed by atoms with Gasteiger partial charge in [-0.2, -0.15) is 0 Å². The Morgan fingerprint density at radius 1 is 1.27 bits per heavy atom. The molecule has 2 amide bonds. The second kappa shape index (κ2) is 5.99. The van der Waals surface area contributed by atoms with Crippen LogP contribution in [0.1, 0.15) is 25.7 Å². The number of carbonyl (C=O) groups is 2. The Balaban J connectivity index is 1.78. The molecular weight excluding hydrogens is 280 g/mol. The standard InChI is InChI=1S/C17H22N2O3/c1-18(13-8-9-13)17(21)12-7-10-16(20)19(11-12)14-5-3-4-6-15(14)22-2/h3-6,12-13H,7-11H2,1-2H3. The minimum absolute atomic E-state index is 0.0580. The van der Waals surface area contributed by atoms with E-state index in [2.05, 4.69) is 0 Å². The minimum Gasteiger partial charge on any atom is -0.495 e. The van der Waals surface area contributed by atoms with Crippen LogP contribution >= 0.6 is 0 Å². The van der Waals surface area contributed by atoms with Gasteiger partial charge in [0.15, 0.2) is 0 Å². The second-order valence-corrected chi connectivity index (χ2v) is 6.09. The van der Waals surface area contributed by atoms with Gasteiger partial charge in [-0.15, -0.1) is 0 Å². The molecule has 0 bridgehead atoms. The first-order valence-electron chi connectivity index (χ1n) is 7.82. The zero-order chi connectivity index (χ0) is 15.7. The van der Waals surface area contributed by atoms with Crippen molar-refractivity contribution in [3.63, 3.8) is 0 Å². The Morgan fingerprint density at radius 3 is 2.68 bits per heavy atom. The molecule has 0 spiro atoms. The maximum atomic E-state index is 12.6. The third kappa shape index (κ3) is 2.80. The molecular formula is C17H22N2O3. The van der Waals surface area contributed by atoms with Gasteiger partial charge in [0.1, 0.15) is 5.75 Å². The summed E-state index contributed by atoms with van der Waals surface area (Å²) in [4.78, 5) is 28.4. The largest absolute Gasteiger partial charge is 0.495 e. The van der Waals surface area contributed by atoms with Gasteiger partial charge >= 0.3 is 0 Å². The second-order valence-electron chi connectivity index (χ2n) is 6.09. The first kappa shape index (κ1) is 14.9. The van der Waals surface area contributed by atoms with E-state index in [9.17, 15) is 9.59 Å². The Hall–Kier alpha value is -2.04. The number of hydrogen-bond donors (Lipinski definition) is 0. The smallest absolute Gasteiger partial charge is 0.227 e. The van der Waals surface area contributed by atoms with Crippen molar-refractivity contribution < 1.29 is 14.3 Å². The van der Waals surface area contributed by atoms with E-state index < -0.39 is 0 Å². The summed E-state index contributed by atoms with van der Waals surface area (Å²) in [5, 5.41) is 0. The van der Waals surface area contributed by atoms with Crippen molar-refractivity contribution in [1.82, 2.24) is 4.90 Å². The lowest BCUT2D eigenvalue weighted by molar-refractivity contribution is -0.136. The van der Waals surface area contributed by atoms with Crippen LogP contribution in [0.5, 0.6) is 5.75 Å². The quantitative estimate of drug-likeness (QED) is 0.855. The van der Waals surface area contributed by atoms with Crippen LogP contribution in [0, 0.1) is 5.92 Å². The maximum absolute atomic E-state index is 12.6. The summed E-state index contributed by atoms with van der Waals surface area (Å²) in [6.07, 6.45) is 3.25. The molecule has 118 valence electrons. The molecule has 1 aromatic rings. The molecule has 0 N–H and O–H groups in total. The van der Waals surface area contributed by atoms with Gasteiger partial charge in [0, 0.05) is 26.1 Å². The molecule has 1 aromatic carbocycles. The Kier molecular flexibility index (Phi) is 4.05. The van der Waals surface area contributed by atoms with E-state index in [0.717, 1.165) is 18.5 Å². The van der Waals surface area contributed by atoms with E-state index in [0.29, 0.717) is 31.2 Å². The van der Waals surface area contributed by atoms with Crippen LogP contribution in [0.3, 0.4) is 0 Å². The molecule has 2 fully saturated rings. The SMILES string of the molecule is COc1ccccc1N1CC(C(=O)N(C)C2CC2)CCC1=O. The van der Waals surface area contributed by atoms with Crippen molar-refractivity contribution in [2.45, 2.75) is 31.7 Å². The number of methoxy groups -OCH3 is 1. The highest BCUT2D eigenvalue weighted by molar-refractivity contribution is 5.97. The molecule has 5 nitrogen and oxygen atoms in total. The fourth-order valence-corrected chi connectivity index (χ4v) is 3.06. The molecule has 2 aliphatic rings. The highest BCUT2D eigenvalue weighted by Crippen LogP contribution is 2.33. The average molecular weight is 302 g/mol. The molecule has 5 heteroatoms. The zero-order valence-corrected chi connectivity index (χ0v) is 13.1. The van der Waals surface area contributed by atoms with E-state index >= 15 is 0 Å². The van der Waals surface area contributed by atoms with Gasteiger partial charge < -0.3 is 14.5 Å². The lowest BCUT2D eigenvalue weighted by Crippen LogP contribution is -2.46. The molecule has 1 saturated carbocycles. The molecule has 22 heavy (non-hydrogen) atoms. The molecule has 1 unspecified atom stereocenters. The molecule has 0 radical (unpaired) electrons. The summed E-state index contributed by atoms with van der Waals surface area (Å²) in [5.41, 5.74) is 0.751. The van der Waals surface area contributed by atoms with Crippen LogP contribution in [0.4, 0.5) is 5.69 Å². The number of nitrogens with zero attached hydrogens (tertiary/aromatic N) is 2. The van der Waals surface area contributed by atoms with Crippen LogP contribution in [-0.2, 0) is 9.59 Å². The monoisotopic (exact) mass is 302 g/mol.